The summed E-state index contributed by atoms with van der Waals surface area (Å²) in [5, 5.41) is 5.94. The Morgan fingerprint density at radius 1 is 1.05 bits per heavy atom. The molecule has 0 bridgehead atoms. The average Bonchev–Trinajstić information content (AvgIpc) is 2.45. The van der Waals surface area contributed by atoms with Crippen LogP contribution in [0.1, 0.15) is 16.7 Å². The molecule has 0 aromatic heterocycles. The van der Waals surface area contributed by atoms with Crippen molar-refractivity contribution in [2.24, 2.45) is 0 Å². The summed E-state index contributed by atoms with van der Waals surface area (Å²) in [6, 6.07) is 15.7. The highest BCUT2D eigenvalue weighted by Gasteiger charge is 2.02. The van der Waals surface area contributed by atoms with Crippen molar-refractivity contribution >= 4 is 35.0 Å². The van der Waals surface area contributed by atoms with Crippen molar-refractivity contribution in [3.8, 4) is 0 Å². The van der Waals surface area contributed by atoms with Crippen LogP contribution in [0.3, 0.4) is 0 Å². The van der Waals surface area contributed by atoms with Crippen LogP contribution >= 0.6 is 12.2 Å². The van der Waals surface area contributed by atoms with Crippen molar-refractivity contribution in [3.63, 3.8) is 0 Å². The Morgan fingerprint density at radius 3 is 2.32 bits per heavy atom. The summed E-state index contributed by atoms with van der Waals surface area (Å²) in [5.41, 5.74) is 4.11. The summed E-state index contributed by atoms with van der Waals surface area (Å²) in [7, 11) is 0. The zero-order chi connectivity index (χ0) is 15.9. The van der Waals surface area contributed by atoms with Crippen molar-refractivity contribution in [2.75, 3.05) is 5.32 Å². The van der Waals surface area contributed by atoms with Crippen molar-refractivity contribution in [3.05, 3.63) is 71.3 Å². The van der Waals surface area contributed by atoms with E-state index in [2.05, 4.69) is 16.7 Å². The van der Waals surface area contributed by atoms with Crippen molar-refractivity contribution in [1.82, 2.24) is 5.32 Å². The lowest BCUT2D eigenvalue weighted by atomic mass is 10.1. The van der Waals surface area contributed by atoms with Crippen LogP contribution in [-0.4, -0.2) is 11.0 Å². The van der Waals surface area contributed by atoms with Gasteiger partial charge < -0.3 is 5.32 Å². The monoisotopic (exact) mass is 310 g/mol. The van der Waals surface area contributed by atoms with E-state index in [4.69, 9.17) is 12.2 Å². The van der Waals surface area contributed by atoms with E-state index >= 15 is 0 Å². The van der Waals surface area contributed by atoms with E-state index in [0.29, 0.717) is 0 Å². The SMILES string of the molecule is Cc1cc(C)cc(NC(=S)NC(=O)C=Cc2ccccc2)c1. The zero-order valence-corrected chi connectivity index (χ0v) is 13.4. The smallest absolute Gasteiger partial charge is 0.250 e. The van der Waals surface area contributed by atoms with Crippen LogP contribution in [0.4, 0.5) is 5.69 Å². The number of hydrogen-bond donors (Lipinski definition) is 2. The second-order valence-electron chi connectivity index (χ2n) is 5.06. The summed E-state index contributed by atoms with van der Waals surface area (Å²) in [5.74, 6) is -0.259. The van der Waals surface area contributed by atoms with Gasteiger partial charge in [0.25, 0.3) is 0 Å². The number of aryl methyl sites for hydroxylation is 2. The third-order valence-corrected chi connectivity index (χ3v) is 3.15. The number of benzene rings is 2. The number of rotatable bonds is 3. The highest BCUT2D eigenvalue weighted by molar-refractivity contribution is 7.80. The average molecular weight is 310 g/mol. The largest absolute Gasteiger partial charge is 0.332 e. The van der Waals surface area contributed by atoms with Gasteiger partial charge in [-0.2, -0.15) is 0 Å². The number of nitrogens with one attached hydrogen (secondary N) is 2. The first-order chi connectivity index (χ1) is 10.5. The first kappa shape index (κ1) is 15.9. The second kappa shape index (κ2) is 7.52. The van der Waals surface area contributed by atoms with Gasteiger partial charge in [0.15, 0.2) is 5.11 Å². The quantitative estimate of drug-likeness (QED) is 0.669. The number of carbonyl (C=O) groups excluding carboxylic acids is 1. The Bertz CT molecular complexity index is 688. The molecule has 2 rings (SSSR count). The molecule has 0 spiro atoms. The van der Waals surface area contributed by atoms with Gasteiger partial charge in [-0.25, -0.2) is 0 Å². The van der Waals surface area contributed by atoms with Crippen molar-refractivity contribution in [1.29, 1.82) is 0 Å². The number of hydrogen-bond acceptors (Lipinski definition) is 2. The number of carbonyl (C=O) groups is 1. The van der Waals surface area contributed by atoms with Crippen LogP contribution in [0, 0.1) is 13.8 Å². The van der Waals surface area contributed by atoms with E-state index in [1.807, 2.05) is 56.3 Å². The fraction of sp³-hybridized carbons (Fsp3) is 0.111. The number of amides is 1. The molecule has 0 aliphatic rings. The Labute approximate surface area is 136 Å². The van der Waals surface area contributed by atoms with Gasteiger partial charge in [0, 0.05) is 11.8 Å². The fourth-order valence-electron chi connectivity index (χ4n) is 2.10. The van der Waals surface area contributed by atoms with E-state index in [1.54, 1.807) is 6.08 Å². The van der Waals surface area contributed by atoms with E-state index in [0.717, 1.165) is 22.4 Å². The van der Waals surface area contributed by atoms with Gasteiger partial charge in [0.2, 0.25) is 5.91 Å². The predicted molar refractivity (Wildman–Crippen MR) is 95.8 cm³/mol. The molecule has 1 amide bonds. The summed E-state index contributed by atoms with van der Waals surface area (Å²) >= 11 is 5.15. The molecule has 0 radical (unpaired) electrons. The van der Waals surface area contributed by atoms with Gasteiger partial charge in [-0.05, 0) is 61.0 Å². The van der Waals surface area contributed by atoms with Gasteiger partial charge in [-0.3, -0.25) is 10.1 Å². The Balaban J connectivity index is 1.91. The van der Waals surface area contributed by atoms with E-state index in [-0.39, 0.29) is 11.0 Å². The molecule has 3 nitrogen and oxygen atoms in total. The third-order valence-electron chi connectivity index (χ3n) is 2.94. The zero-order valence-electron chi connectivity index (χ0n) is 12.6. The summed E-state index contributed by atoms with van der Waals surface area (Å²) in [6.07, 6.45) is 3.21. The van der Waals surface area contributed by atoms with Gasteiger partial charge in [-0.15, -0.1) is 0 Å². The minimum atomic E-state index is -0.259. The van der Waals surface area contributed by atoms with Crippen LogP contribution in [0.25, 0.3) is 6.08 Å². The predicted octanol–water partition coefficient (Wildman–Crippen LogP) is 3.83. The maximum atomic E-state index is 11.8. The number of anilines is 1. The topological polar surface area (TPSA) is 41.1 Å². The molecule has 0 saturated heterocycles. The Hall–Kier alpha value is -2.46. The highest BCUT2D eigenvalue weighted by atomic mass is 32.1. The van der Waals surface area contributed by atoms with Crippen LogP contribution in [-0.2, 0) is 4.79 Å². The molecule has 0 heterocycles. The molecule has 2 N–H and O–H groups in total. The molecule has 0 aliphatic carbocycles. The van der Waals surface area contributed by atoms with Crippen LogP contribution in [0.15, 0.2) is 54.6 Å². The molecule has 0 unspecified atom stereocenters. The second-order valence-corrected chi connectivity index (χ2v) is 5.47. The standard InChI is InChI=1S/C18H18N2OS/c1-13-10-14(2)12-16(11-13)19-18(22)20-17(21)9-8-15-6-4-3-5-7-15/h3-12H,1-2H3,(H2,19,20,21,22). The minimum Gasteiger partial charge on any atom is -0.332 e. The maximum absolute atomic E-state index is 11.8. The first-order valence-electron chi connectivity index (χ1n) is 6.96. The molecule has 2 aromatic rings. The lowest BCUT2D eigenvalue weighted by Crippen LogP contribution is -2.32. The molecule has 0 fully saturated rings. The molecule has 4 heteroatoms. The Morgan fingerprint density at radius 2 is 1.68 bits per heavy atom. The lowest BCUT2D eigenvalue weighted by Gasteiger charge is -2.09. The molecule has 0 saturated carbocycles. The molecule has 22 heavy (non-hydrogen) atoms. The minimum absolute atomic E-state index is 0.259. The normalized spacial score (nSPS) is 10.5. The highest BCUT2D eigenvalue weighted by Crippen LogP contribution is 2.13. The molecule has 112 valence electrons. The van der Waals surface area contributed by atoms with Crippen LogP contribution < -0.4 is 10.6 Å². The third kappa shape index (κ3) is 5.14. The molecular formula is C18H18N2OS. The van der Waals surface area contributed by atoms with E-state index in [9.17, 15) is 4.79 Å². The summed E-state index contributed by atoms with van der Waals surface area (Å²) in [6.45, 7) is 4.03. The van der Waals surface area contributed by atoms with Crippen LogP contribution in [0.2, 0.25) is 0 Å². The number of thiocarbonyl (C=S) groups is 1. The van der Waals surface area contributed by atoms with Crippen molar-refractivity contribution in [2.45, 2.75) is 13.8 Å². The first-order valence-corrected chi connectivity index (χ1v) is 7.37. The maximum Gasteiger partial charge on any atom is 0.250 e. The molecule has 2 aromatic carbocycles. The van der Waals surface area contributed by atoms with E-state index < -0.39 is 0 Å². The fourth-order valence-corrected chi connectivity index (χ4v) is 2.32. The van der Waals surface area contributed by atoms with Gasteiger partial charge in [-0.1, -0.05) is 36.4 Å². The molecule has 0 atom stereocenters. The summed E-state index contributed by atoms with van der Waals surface area (Å²) in [4.78, 5) is 11.8. The lowest BCUT2D eigenvalue weighted by molar-refractivity contribution is -0.115. The van der Waals surface area contributed by atoms with E-state index in [1.165, 1.54) is 6.08 Å². The van der Waals surface area contributed by atoms with Crippen LogP contribution in [0.5, 0.6) is 0 Å². The van der Waals surface area contributed by atoms with Crippen molar-refractivity contribution < 1.29 is 4.79 Å². The Kier molecular flexibility index (Phi) is 5.44. The molecular weight excluding hydrogens is 292 g/mol. The van der Waals surface area contributed by atoms with Gasteiger partial charge in [0.1, 0.15) is 0 Å². The van der Waals surface area contributed by atoms with Gasteiger partial charge in [0.05, 0.1) is 0 Å². The molecule has 0 aliphatic heterocycles. The van der Waals surface area contributed by atoms with Gasteiger partial charge >= 0.3 is 0 Å². The summed E-state index contributed by atoms with van der Waals surface area (Å²) < 4.78 is 0.